The zero-order chi connectivity index (χ0) is 14.3. The van der Waals surface area contributed by atoms with E-state index in [2.05, 4.69) is 10.5 Å². The number of hydrogen-bond donors (Lipinski definition) is 1. The zero-order valence-electron chi connectivity index (χ0n) is 12.1. The molecule has 0 unspecified atom stereocenters. The van der Waals surface area contributed by atoms with E-state index >= 15 is 0 Å². The van der Waals surface area contributed by atoms with Gasteiger partial charge < -0.3 is 14.6 Å². The van der Waals surface area contributed by atoms with Crippen molar-refractivity contribution in [2.75, 3.05) is 20.2 Å². The molecule has 0 radical (unpaired) electrons. The Labute approximate surface area is 123 Å². The normalized spacial score (nSPS) is 27.8. The molecule has 4 rings (SSSR count). The van der Waals surface area contributed by atoms with Crippen molar-refractivity contribution in [3.8, 4) is 17.1 Å². The molecule has 0 spiro atoms. The molecule has 2 fully saturated rings. The van der Waals surface area contributed by atoms with Crippen LogP contribution in [0, 0.1) is 5.92 Å². The molecule has 0 amide bonds. The molecule has 5 nitrogen and oxygen atoms in total. The van der Waals surface area contributed by atoms with Gasteiger partial charge in [0.15, 0.2) is 0 Å². The van der Waals surface area contributed by atoms with Gasteiger partial charge in [-0.3, -0.25) is 0 Å². The molecule has 1 N–H and O–H groups in total. The lowest BCUT2D eigenvalue weighted by molar-refractivity contribution is 0.265. The predicted octanol–water partition coefficient (Wildman–Crippen LogP) is 2.39. The van der Waals surface area contributed by atoms with Crippen LogP contribution in [0.1, 0.15) is 25.2 Å². The fourth-order valence-corrected chi connectivity index (χ4v) is 3.81. The van der Waals surface area contributed by atoms with E-state index < -0.39 is 0 Å². The first kappa shape index (κ1) is 12.8. The van der Waals surface area contributed by atoms with Gasteiger partial charge in [-0.05, 0) is 37.4 Å². The first-order valence-corrected chi connectivity index (χ1v) is 7.51. The van der Waals surface area contributed by atoms with E-state index in [4.69, 9.17) is 14.2 Å². The minimum absolute atomic E-state index is 0.0596. The molecule has 1 aromatic heterocycles. The Morgan fingerprint density at radius 1 is 1.43 bits per heavy atom. The average molecular weight is 285 g/mol. The standard InChI is InChI=1S/C16H19N3O2/c1-20-13-6-2-4-11(8-13)14-18-15(21-19-14)16-7-3-5-12(16)9-17-10-16/h2,4,6,8,12,17H,3,5,7,9-10H2,1H3/t12-,16-/m1/s1. The summed E-state index contributed by atoms with van der Waals surface area (Å²) in [5.41, 5.74) is 0.991. The van der Waals surface area contributed by atoms with Crippen LogP contribution >= 0.6 is 0 Å². The number of methoxy groups -OCH3 is 1. The van der Waals surface area contributed by atoms with Crippen LogP contribution in [0.3, 0.4) is 0 Å². The van der Waals surface area contributed by atoms with Gasteiger partial charge in [-0.1, -0.05) is 23.7 Å². The van der Waals surface area contributed by atoms with Crippen LogP contribution in [-0.4, -0.2) is 30.3 Å². The molecule has 2 aromatic rings. The van der Waals surface area contributed by atoms with Crippen molar-refractivity contribution in [2.45, 2.75) is 24.7 Å². The van der Waals surface area contributed by atoms with Gasteiger partial charge >= 0.3 is 0 Å². The number of fused-ring (bicyclic) bond motifs is 1. The second-order valence-corrected chi connectivity index (χ2v) is 6.03. The molecule has 2 aliphatic rings. The summed E-state index contributed by atoms with van der Waals surface area (Å²) in [4.78, 5) is 4.70. The summed E-state index contributed by atoms with van der Waals surface area (Å²) in [5, 5.41) is 7.68. The highest BCUT2D eigenvalue weighted by molar-refractivity contribution is 5.57. The van der Waals surface area contributed by atoms with Crippen LogP contribution in [0.15, 0.2) is 28.8 Å². The molecule has 5 heteroatoms. The maximum absolute atomic E-state index is 5.64. The van der Waals surface area contributed by atoms with Gasteiger partial charge in [0.05, 0.1) is 12.5 Å². The van der Waals surface area contributed by atoms with Crippen LogP contribution < -0.4 is 10.1 Å². The summed E-state index contributed by atoms with van der Waals surface area (Å²) < 4.78 is 10.9. The monoisotopic (exact) mass is 285 g/mol. The molecule has 1 aliphatic carbocycles. The molecule has 1 aromatic carbocycles. The predicted molar refractivity (Wildman–Crippen MR) is 78.2 cm³/mol. The van der Waals surface area contributed by atoms with Gasteiger partial charge in [-0.2, -0.15) is 4.98 Å². The molecule has 2 atom stereocenters. The minimum Gasteiger partial charge on any atom is -0.497 e. The number of rotatable bonds is 3. The van der Waals surface area contributed by atoms with Gasteiger partial charge in [0.25, 0.3) is 0 Å². The summed E-state index contributed by atoms with van der Waals surface area (Å²) in [6.07, 6.45) is 3.65. The molecule has 110 valence electrons. The SMILES string of the molecule is COc1cccc(-c2noc([C@@]34CCC[C@@H]3CNC4)n2)c1. The zero-order valence-corrected chi connectivity index (χ0v) is 12.1. The lowest BCUT2D eigenvalue weighted by atomic mass is 9.80. The van der Waals surface area contributed by atoms with Crippen LogP contribution in [0.2, 0.25) is 0 Å². The maximum Gasteiger partial charge on any atom is 0.234 e. The molecule has 1 aliphatic heterocycles. The molecule has 2 heterocycles. The molecular formula is C16H19N3O2. The van der Waals surface area contributed by atoms with Crippen molar-refractivity contribution >= 4 is 0 Å². The van der Waals surface area contributed by atoms with Gasteiger partial charge in [-0.15, -0.1) is 0 Å². The third-order valence-corrected chi connectivity index (χ3v) is 4.97. The number of ether oxygens (including phenoxy) is 1. The maximum atomic E-state index is 5.64. The number of aromatic nitrogens is 2. The molecule has 0 bridgehead atoms. The van der Waals surface area contributed by atoms with Crippen molar-refractivity contribution in [1.82, 2.24) is 15.5 Å². The Hall–Kier alpha value is -1.88. The number of nitrogens with one attached hydrogen (secondary N) is 1. The van der Waals surface area contributed by atoms with Crippen LogP contribution in [0.25, 0.3) is 11.4 Å². The van der Waals surface area contributed by atoms with Gasteiger partial charge in [0.1, 0.15) is 5.75 Å². The summed E-state index contributed by atoms with van der Waals surface area (Å²) in [6, 6.07) is 7.77. The van der Waals surface area contributed by atoms with E-state index in [9.17, 15) is 0 Å². The Morgan fingerprint density at radius 3 is 3.29 bits per heavy atom. The largest absolute Gasteiger partial charge is 0.497 e. The van der Waals surface area contributed by atoms with Crippen LogP contribution in [0.5, 0.6) is 5.75 Å². The number of benzene rings is 1. The smallest absolute Gasteiger partial charge is 0.234 e. The number of nitrogens with zero attached hydrogens (tertiary/aromatic N) is 2. The topological polar surface area (TPSA) is 60.2 Å². The molecular weight excluding hydrogens is 266 g/mol. The summed E-state index contributed by atoms with van der Waals surface area (Å²) in [5.74, 6) is 2.89. The van der Waals surface area contributed by atoms with Crippen molar-refractivity contribution in [3.63, 3.8) is 0 Å². The van der Waals surface area contributed by atoms with Crippen molar-refractivity contribution in [1.29, 1.82) is 0 Å². The van der Waals surface area contributed by atoms with Crippen LogP contribution in [-0.2, 0) is 5.41 Å². The Morgan fingerprint density at radius 2 is 2.38 bits per heavy atom. The van der Waals surface area contributed by atoms with Crippen molar-refractivity contribution in [3.05, 3.63) is 30.2 Å². The quantitative estimate of drug-likeness (QED) is 0.938. The van der Waals surface area contributed by atoms with E-state index in [1.54, 1.807) is 7.11 Å². The van der Waals surface area contributed by atoms with E-state index in [-0.39, 0.29) is 5.41 Å². The van der Waals surface area contributed by atoms with Crippen molar-refractivity contribution < 1.29 is 9.26 Å². The van der Waals surface area contributed by atoms with E-state index in [0.29, 0.717) is 11.7 Å². The van der Waals surface area contributed by atoms with Gasteiger partial charge in [-0.25, -0.2) is 0 Å². The third-order valence-electron chi connectivity index (χ3n) is 4.97. The number of hydrogen-bond acceptors (Lipinski definition) is 5. The molecule has 1 saturated heterocycles. The Bertz CT molecular complexity index is 642. The van der Waals surface area contributed by atoms with E-state index in [1.807, 2.05) is 24.3 Å². The average Bonchev–Trinajstić information content (AvgIpc) is 3.21. The van der Waals surface area contributed by atoms with E-state index in [0.717, 1.165) is 36.7 Å². The second-order valence-electron chi connectivity index (χ2n) is 6.03. The van der Waals surface area contributed by atoms with Gasteiger partial charge in [0.2, 0.25) is 11.7 Å². The lowest BCUT2D eigenvalue weighted by Gasteiger charge is -2.22. The molecule has 1 saturated carbocycles. The minimum atomic E-state index is 0.0596. The summed E-state index contributed by atoms with van der Waals surface area (Å²) >= 11 is 0. The Kier molecular flexibility index (Phi) is 2.96. The third kappa shape index (κ3) is 1.95. The van der Waals surface area contributed by atoms with Crippen LogP contribution in [0.4, 0.5) is 0 Å². The highest BCUT2D eigenvalue weighted by atomic mass is 16.5. The summed E-state index contributed by atoms with van der Waals surface area (Å²) in [7, 11) is 1.66. The fraction of sp³-hybridized carbons (Fsp3) is 0.500. The summed E-state index contributed by atoms with van der Waals surface area (Å²) in [6.45, 7) is 2.02. The first-order chi connectivity index (χ1) is 10.3. The van der Waals surface area contributed by atoms with Crippen molar-refractivity contribution in [2.24, 2.45) is 5.92 Å². The second kappa shape index (κ2) is 4.84. The Balaban J connectivity index is 1.69. The molecule has 21 heavy (non-hydrogen) atoms. The van der Waals surface area contributed by atoms with Gasteiger partial charge in [0, 0.05) is 12.1 Å². The van der Waals surface area contributed by atoms with E-state index in [1.165, 1.54) is 12.8 Å². The first-order valence-electron chi connectivity index (χ1n) is 7.51. The highest BCUT2D eigenvalue weighted by Gasteiger charge is 2.51. The highest BCUT2D eigenvalue weighted by Crippen LogP contribution is 2.47. The fourth-order valence-electron chi connectivity index (χ4n) is 3.81. The lowest BCUT2D eigenvalue weighted by Crippen LogP contribution is -2.31.